The highest BCUT2D eigenvalue weighted by molar-refractivity contribution is 5.93. The van der Waals surface area contributed by atoms with E-state index in [9.17, 15) is 4.79 Å². The normalized spacial score (nSPS) is 23.8. The van der Waals surface area contributed by atoms with E-state index in [0.717, 1.165) is 25.3 Å². The molecule has 2 rings (SSSR count). The molecule has 0 atom stereocenters. The Labute approximate surface area is 58.9 Å². The van der Waals surface area contributed by atoms with Gasteiger partial charge in [-0.25, -0.2) is 5.43 Å². The molecule has 0 aromatic heterocycles. The molecule has 1 amide bonds. The van der Waals surface area contributed by atoms with Crippen molar-refractivity contribution in [1.82, 2.24) is 15.8 Å². The van der Waals surface area contributed by atoms with E-state index in [2.05, 4.69) is 10.7 Å². The molecule has 0 aliphatic carbocycles. The lowest BCUT2D eigenvalue weighted by Crippen LogP contribution is -2.48. The van der Waals surface area contributed by atoms with Gasteiger partial charge in [-0.05, 0) is 6.08 Å². The van der Waals surface area contributed by atoms with Gasteiger partial charge in [0.15, 0.2) is 0 Å². The second-order valence-electron chi connectivity index (χ2n) is 2.36. The second kappa shape index (κ2) is 1.98. The Kier molecular flexibility index (Phi) is 1.14. The molecule has 0 spiro atoms. The number of piperazine rings is 1. The summed E-state index contributed by atoms with van der Waals surface area (Å²) in [5.74, 6) is 0.0382. The Balaban J connectivity index is 2.22. The maximum Gasteiger partial charge on any atom is 0.268 e. The molecule has 0 unspecified atom stereocenters. The lowest BCUT2D eigenvalue weighted by molar-refractivity contribution is -0.120. The van der Waals surface area contributed by atoms with E-state index in [-0.39, 0.29) is 5.91 Å². The lowest BCUT2D eigenvalue weighted by atomic mass is 10.3. The number of hydrazine groups is 1. The molecule has 0 aromatic carbocycles. The molecule has 1 saturated heterocycles. The molecule has 2 aliphatic rings. The second-order valence-corrected chi connectivity index (χ2v) is 2.36. The summed E-state index contributed by atoms with van der Waals surface area (Å²) < 4.78 is 0. The van der Waals surface area contributed by atoms with Crippen molar-refractivity contribution in [2.45, 2.75) is 0 Å². The van der Waals surface area contributed by atoms with Crippen LogP contribution in [0.15, 0.2) is 11.8 Å². The molecule has 4 nitrogen and oxygen atoms in total. The van der Waals surface area contributed by atoms with Gasteiger partial charge < -0.3 is 10.3 Å². The van der Waals surface area contributed by atoms with Crippen LogP contribution in [0.3, 0.4) is 0 Å². The Bertz CT molecular complexity index is 199. The fourth-order valence-corrected chi connectivity index (χ4v) is 1.23. The number of rotatable bonds is 0. The van der Waals surface area contributed by atoms with Crippen LogP contribution >= 0.6 is 0 Å². The van der Waals surface area contributed by atoms with Gasteiger partial charge in [0.25, 0.3) is 5.91 Å². The summed E-state index contributed by atoms with van der Waals surface area (Å²) in [4.78, 5) is 11.0. The van der Waals surface area contributed by atoms with E-state index in [4.69, 9.17) is 0 Å². The maximum atomic E-state index is 11.0. The topological polar surface area (TPSA) is 44.4 Å². The van der Waals surface area contributed by atoms with Crippen molar-refractivity contribution < 1.29 is 4.79 Å². The maximum absolute atomic E-state index is 11.0. The SMILES string of the molecule is O=C1NCCN2NCC=C12. The van der Waals surface area contributed by atoms with Gasteiger partial charge in [-0.1, -0.05) is 0 Å². The molecule has 2 heterocycles. The van der Waals surface area contributed by atoms with Crippen molar-refractivity contribution in [1.29, 1.82) is 0 Å². The predicted molar refractivity (Wildman–Crippen MR) is 35.8 cm³/mol. The van der Waals surface area contributed by atoms with Gasteiger partial charge in [0.2, 0.25) is 0 Å². The molecule has 1 fully saturated rings. The zero-order valence-electron chi connectivity index (χ0n) is 5.55. The Morgan fingerprint density at radius 1 is 1.60 bits per heavy atom. The van der Waals surface area contributed by atoms with Crippen LogP contribution < -0.4 is 10.7 Å². The number of amides is 1. The summed E-state index contributed by atoms with van der Waals surface area (Å²) in [6.45, 7) is 2.39. The summed E-state index contributed by atoms with van der Waals surface area (Å²) >= 11 is 0. The molecular weight excluding hydrogens is 130 g/mol. The fraction of sp³-hybridized carbons (Fsp3) is 0.500. The van der Waals surface area contributed by atoms with Crippen molar-refractivity contribution in [3.05, 3.63) is 11.8 Å². The third-order valence-corrected chi connectivity index (χ3v) is 1.72. The Hall–Kier alpha value is -1.03. The first kappa shape index (κ1) is 5.73. The van der Waals surface area contributed by atoms with Crippen LogP contribution in [0.4, 0.5) is 0 Å². The van der Waals surface area contributed by atoms with Crippen LogP contribution in [0.2, 0.25) is 0 Å². The van der Waals surface area contributed by atoms with Gasteiger partial charge >= 0.3 is 0 Å². The third kappa shape index (κ3) is 0.690. The minimum Gasteiger partial charge on any atom is -0.349 e. The zero-order valence-corrected chi connectivity index (χ0v) is 5.55. The average Bonchev–Trinajstić information content (AvgIpc) is 2.36. The van der Waals surface area contributed by atoms with Crippen molar-refractivity contribution in [2.24, 2.45) is 0 Å². The number of hydrogen-bond acceptors (Lipinski definition) is 3. The fourth-order valence-electron chi connectivity index (χ4n) is 1.23. The van der Waals surface area contributed by atoms with Gasteiger partial charge in [0.1, 0.15) is 5.70 Å². The minimum absolute atomic E-state index is 0.0382. The van der Waals surface area contributed by atoms with E-state index in [0.29, 0.717) is 0 Å². The van der Waals surface area contributed by atoms with Gasteiger partial charge in [0, 0.05) is 13.1 Å². The molecule has 10 heavy (non-hydrogen) atoms. The summed E-state index contributed by atoms with van der Waals surface area (Å²) in [5, 5.41) is 4.65. The molecule has 54 valence electrons. The number of nitrogens with one attached hydrogen (secondary N) is 2. The number of fused-ring (bicyclic) bond motifs is 1. The molecule has 0 radical (unpaired) electrons. The highest BCUT2D eigenvalue weighted by Crippen LogP contribution is 2.08. The molecule has 4 heteroatoms. The van der Waals surface area contributed by atoms with E-state index in [1.54, 1.807) is 0 Å². The molecule has 2 N–H and O–H groups in total. The molecular formula is C6H9N3O. The number of hydrogen-bond donors (Lipinski definition) is 2. The van der Waals surface area contributed by atoms with Crippen molar-refractivity contribution in [2.75, 3.05) is 19.6 Å². The van der Waals surface area contributed by atoms with Gasteiger partial charge in [0.05, 0.1) is 6.54 Å². The Morgan fingerprint density at radius 2 is 2.50 bits per heavy atom. The van der Waals surface area contributed by atoms with Crippen molar-refractivity contribution in [3.8, 4) is 0 Å². The summed E-state index contributed by atoms with van der Waals surface area (Å²) in [5.41, 5.74) is 3.84. The first-order valence-electron chi connectivity index (χ1n) is 3.37. The van der Waals surface area contributed by atoms with E-state index < -0.39 is 0 Å². The van der Waals surface area contributed by atoms with Crippen LogP contribution in [-0.2, 0) is 4.79 Å². The lowest BCUT2D eigenvalue weighted by Gasteiger charge is -2.26. The standard InChI is InChI=1S/C6H9N3O/c10-6-5-1-2-8-9(5)4-3-7-6/h1,8H,2-4H2,(H,7,10). The average molecular weight is 139 g/mol. The number of nitrogens with zero attached hydrogens (tertiary/aromatic N) is 1. The first-order chi connectivity index (χ1) is 4.88. The van der Waals surface area contributed by atoms with Gasteiger partial charge in [-0.15, -0.1) is 0 Å². The summed E-state index contributed by atoms with van der Waals surface area (Å²) in [6.07, 6.45) is 1.90. The molecule has 0 saturated carbocycles. The van der Waals surface area contributed by atoms with E-state index in [1.807, 2.05) is 11.1 Å². The zero-order chi connectivity index (χ0) is 6.97. The predicted octanol–water partition coefficient (Wildman–Crippen LogP) is -1.18. The monoisotopic (exact) mass is 139 g/mol. The smallest absolute Gasteiger partial charge is 0.268 e. The van der Waals surface area contributed by atoms with Crippen LogP contribution in [0.5, 0.6) is 0 Å². The first-order valence-corrected chi connectivity index (χ1v) is 3.37. The van der Waals surface area contributed by atoms with Crippen molar-refractivity contribution >= 4 is 5.91 Å². The highest BCUT2D eigenvalue weighted by Gasteiger charge is 2.24. The Morgan fingerprint density at radius 3 is 3.30 bits per heavy atom. The minimum atomic E-state index is 0.0382. The third-order valence-electron chi connectivity index (χ3n) is 1.72. The van der Waals surface area contributed by atoms with Crippen LogP contribution in [-0.4, -0.2) is 30.6 Å². The van der Waals surface area contributed by atoms with Crippen LogP contribution in [0.25, 0.3) is 0 Å². The molecule has 0 aromatic rings. The van der Waals surface area contributed by atoms with Crippen molar-refractivity contribution in [3.63, 3.8) is 0 Å². The largest absolute Gasteiger partial charge is 0.349 e. The summed E-state index contributed by atoms with van der Waals surface area (Å²) in [6, 6.07) is 0. The van der Waals surface area contributed by atoms with Crippen LogP contribution in [0.1, 0.15) is 0 Å². The number of carbonyl (C=O) groups excluding carboxylic acids is 1. The molecule has 2 aliphatic heterocycles. The quantitative estimate of drug-likeness (QED) is 0.444. The van der Waals surface area contributed by atoms with Gasteiger partial charge in [-0.3, -0.25) is 4.79 Å². The highest BCUT2D eigenvalue weighted by atomic mass is 16.2. The van der Waals surface area contributed by atoms with E-state index >= 15 is 0 Å². The van der Waals surface area contributed by atoms with E-state index in [1.165, 1.54) is 0 Å². The molecule has 0 bridgehead atoms. The van der Waals surface area contributed by atoms with Gasteiger partial charge in [-0.2, -0.15) is 0 Å². The number of carbonyl (C=O) groups is 1. The summed E-state index contributed by atoms with van der Waals surface area (Å²) in [7, 11) is 0. The van der Waals surface area contributed by atoms with Crippen LogP contribution in [0, 0.1) is 0 Å².